The van der Waals surface area contributed by atoms with Crippen molar-refractivity contribution in [3.8, 4) is 11.1 Å². The van der Waals surface area contributed by atoms with Crippen molar-refractivity contribution in [2.45, 2.75) is 35.0 Å². The average Bonchev–Trinajstić information content (AvgIpc) is 3.25. The molecule has 0 spiro atoms. The highest BCUT2D eigenvalue weighted by Crippen LogP contribution is 2.45. The highest BCUT2D eigenvalue weighted by molar-refractivity contribution is 7.99. The summed E-state index contributed by atoms with van der Waals surface area (Å²) in [5.41, 5.74) is 3.66. The standard InChI is InChI=1S/C30H23ClF3NO3S/c31-26-14-13-25(30(32,33)34)23(28(26)39-27-12-6-1-7-18(27)16-36)15-35-29(37)38-17-24-21-10-4-2-8-19(21)20-9-3-5-11-22(20)24/h1-14,24,36H,15-17H2,(H,35,37). The van der Waals surface area contributed by atoms with E-state index >= 15 is 0 Å². The van der Waals surface area contributed by atoms with Crippen LogP contribution in [0.15, 0.2) is 94.7 Å². The fraction of sp³-hybridized carbons (Fsp3) is 0.167. The van der Waals surface area contributed by atoms with E-state index in [1.54, 1.807) is 24.3 Å². The minimum absolute atomic E-state index is 0.0347. The second-order valence-corrected chi connectivity index (χ2v) is 10.4. The number of benzene rings is 4. The van der Waals surface area contributed by atoms with Gasteiger partial charge in [0.1, 0.15) is 6.61 Å². The number of carbonyl (C=O) groups is 1. The minimum atomic E-state index is -4.67. The van der Waals surface area contributed by atoms with Gasteiger partial charge in [-0.2, -0.15) is 13.2 Å². The number of aliphatic hydroxyl groups excluding tert-OH is 1. The number of halogens is 4. The number of nitrogens with one attached hydrogen (secondary N) is 1. The lowest BCUT2D eigenvalue weighted by atomic mass is 9.98. The molecule has 1 aliphatic carbocycles. The number of carbonyl (C=O) groups excluding carboxylic acids is 1. The van der Waals surface area contributed by atoms with Crippen LogP contribution in [-0.2, 0) is 24.1 Å². The zero-order valence-corrected chi connectivity index (χ0v) is 22.0. The Labute approximate surface area is 232 Å². The van der Waals surface area contributed by atoms with Crippen LogP contribution in [0.3, 0.4) is 0 Å². The lowest BCUT2D eigenvalue weighted by molar-refractivity contribution is -0.138. The van der Waals surface area contributed by atoms with Gasteiger partial charge >= 0.3 is 12.3 Å². The minimum Gasteiger partial charge on any atom is -0.449 e. The van der Waals surface area contributed by atoms with Crippen molar-refractivity contribution in [1.82, 2.24) is 5.32 Å². The molecule has 0 aromatic heterocycles. The molecule has 0 saturated carbocycles. The van der Waals surface area contributed by atoms with Crippen LogP contribution >= 0.6 is 23.4 Å². The Bertz CT molecular complexity index is 1480. The Balaban J connectivity index is 1.36. The lowest BCUT2D eigenvalue weighted by Gasteiger charge is -2.20. The van der Waals surface area contributed by atoms with E-state index in [1.807, 2.05) is 48.5 Å². The van der Waals surface area contributed by atoms with Gasteiger partial charge in [-0.15, -0.1) is 0 Å². The van der Waals surface area contributed by atoms with Gasteiger partial charge in [-0.3, -0.25) is 0 Å². The van der Waals surface area contributed by atoms with Crippen LogP contribution in [0.5, 0.6) is 0 Å². The quantitative estimate of drug-likeness (QED) is 0.236. The third-order valence-electron chi connectivity index (χ3n) is 6.63. The van der Waals surface area contributed by atoms with Gasteiger partial charge in [0.2, 0.25) is 0 Å². The number of hydrogen-bond acceptors (Lipinski definition) is 4. The first-order valence-corrected chi connectivity index (χ1v) is 13.3. The van der Waals surface area contributed by atoms with E-state index in [2.05, 4.69) is 5.32 Å². The highest BCUT2D eigenvalue weighted by Gasteiger charge is 2.35. The predicted octanol–water partition coefficient (Wildman–Crippen LogP) is 8.04. The normalized spacial score (nSPS) is 12.6. The van der Waals surface area contributed by atoms with Gasteiger partial charge in [-0.05, 0) is 51.6 Å². The van der Waals surface area contributed by atoms with Gasteiger partial charge in [0.15, 0.2) is 0 Å². The van der Waals surface area contributed by atoms with Crippen LogP contribution in [0.2, 0.25) is 5.02 Å². The van der Waals surface area contributed by atoms with Crippen molar-refractivity contribution in [3.63, 3.8) is 0 Å². The fourth-order valence-corrected chi connectivity index (χ4v) is 6.20. The van der Waals surface area contributed by atoms with Gasteiger partial charge in [0.05, 0.1) is 17.2 Å². The van der Waals surface area contributed by atoms with E-state index in [9.17, 15) is 23.1 Å². The number of aliphatic hydroxyl groups is 1. The lowest BCUT2D eigenvalue weighted by Crippen LogP contribution is -2.27. The summed E-state index contributed by atoms with van der Waals surface area (Å²) < 4.78 is 47.4. The molecule has 1 amide bonds. The molecular formula is C30H23ClF3NO3S. The summed E-state index contributed by atoms with van der Waals surface area (Å²) >= 11 is 7.37. The first-order valence-electron chi connectivity index (χ1n) is 12.1. The van der Waals surface area contributed by atoms with Crippen molar-refractivity contribution < 1.29 is 27.8 Å². The van der Waals surface area contributed by atoms with Crippen LogP contribution in [-0.4, -0.2) is 17.8 Å². The van der Waals surface area contributed by atoms with Crippen LogP contribution in [0.1, 0.15) is 33.7 Å². The van der Waals surface area contributed by atoms with Crippen molar-refractivity contribution in [1.29, 1.82) is 0 Å². The number of alkyl halides is 3. The molecule has 0 aliphatic heterocycles. The Morgan fingerprint density at radius 2 is 1.54 bits per heavy atom. The topological polar surface area (TPSA) is 58.6 Å². The second kappa shape index (κ2) is 11.3. The monoisotopic (exact) mass is 569 g/mol. The first-order chi connectivity index (χ1) is 18.8. The summed E-state index contributed by atoms with van der Waals surface area (Å²) in [5, 5.41) is 12.3. The summed E-state index contributed by atoms with van der Waals surface area (Å²) in [4.78, 5) is 13.4. The van der Waals surface area contributed by atoms with Crippen LogP contribution in [0, 0.1) is 0 Å². The van der Waals surface area contributed by atoms with Gasteiger partial charge in [0, 0.05) is 22.3 Å². The molecule has 0 bridgehead atoms. The predicted molar refractivity (Wildman–Crippen MR) is 145 cm³/mol. The average molecular weight is 570 g/mol. The molecule has 4 aromatic rings. The van der Waals surface area contributed by atoms with E-state index in [1.165, 1.54) is 6.07 Å². The summed E-state index contributed by atoms with van der Waals surface area (Å²) in [5.74, 6) is -0.179. The maximum atomic E-state index is 14.0. The summed E-state index contributed by atoms with van der Waals surface area (Å²) in [7, 11) is 0. The largest absolute Gasteiger partial charge is 0.449 e. The van der Waals surface area contributed by atoms with Gasteiger partial charge in [-0.25, -0.2) is 4.79 Å². The molecule has 9 heteroatoms. The van der Waals surface area contributed by atoms with E-state index in [0.717, 1.165) is 40.1 Å². The Morgan fingerprint density at radius 1 is 0.923 bits per heavy atom. The van der Waals surface area contributed by atoms with E-state index < -0.39 is 24.4 Å². The first kappa shape index (κ1) is 27.1. The molecule has 4 nitrogen and oxygen atoms in total. The third kappa shape index (κ3) is 5.64. The molecule has 0 saturated heterocycles. The zero-order valence-electron chi connectivity index (χ0n) is 20.5. The molecule has 1 aliphatic rings. The summed E-state index contributed by atoms with van der Waals surface area (Å²) in [6.07, 6.45) is -5.51. The Morgan fingerprint density at radius 3 is 2.18 bits per heavy atom. The van der Waals surface area contributed by atoms with Crippen molar-refractivity contribution in [2.75, 3.05) is 6.61 Å². The van der Waals surface area contributed by atoms with Crippen molar-refractivity contribution in [2.24, 2.45) is 0 Å². The van der Waals surface area contributed by atoms with Crippen molar-refractivity contribution in [3.05, 3.63) is 118 Å². The molecule has 2 N–H and O–H groups in total. The zero-order chi connectivity index (χ0) is 27.6. The molecule has 0 radical (unpaired) electrons. The van der Waals surface area contributed by atoms with Gasteiger partial charge < -0.3 is 15.2 Å². The third-order valence-corrected chi connectivity index (χ3v) is 8.34. The van der Waals surface area contributed by atoms with Gasteiger partial charge in [-0.1, -0.05) is 90.1 Å². The molecule has 0 atom stereocenters. The Kier molecular flexibility index (Phi) is 7.88. The number of fused-ring (bicyclic) bond motifs is 3. The molecule has 5 rings (SSSR count). The van der Waals surface area contributed by atoms with Gasteiger partial charge in [0.25, 0.3) is 0 Å². The smallest absolute Gasteiger partial charge is 0.416 e. The number of ether oxygens (including phenoxy) is 1. The van der Waals surface area contributed by atoms with E-state index in [4.69, 9.17) is 16.3 Å². The maximum Gasteiger partial charge on any atom is 0.416 e. The number of hydrogen-bond donors (Lipinski definition) is 2. The Hall–Kier alpha value is -3.46. The molecule has 200 valence electrons. The van der Waals surface area contributed by atoms with E-state index in [0.29, 0.717) is 10.5 Å². The summed E-state index contributed by atoms with van der Waals surface area (Å²) in [6, 6.07) is 24.6. The number of amides is 1. The molecule has 0 fully saturated rings. The fourth-order valence-electron chi connectivity index (χ4n) is 4.80. The van der Waals surface area contributed by atoms with Crippen LogP contribution < -0.4 is 5.32 Å². The van der Waals surface area contributed by atoms with E-state index in [-0.39, 0.29) is 34.6 Å². The molecule has 0 unspecified atom stereocenters. The molecule has 4 aromatic carbocycles. The van der Waals surface area contributed by atoms with Crippen LogP contribution in [0.4, 0.5) is 18.0 Å². The second-order valence-electron chi connectivity index (χ2n) is 8.95. The molecule has 0 heterocycles. The maximum absolute atomic E-state index is 14.0. The SMILES string of the molecule is O=C(NCc1c(C(F)(F)F)ccc(Cl)c1Sc1ccccc1CO)OCC1c2ccccc2-c2ccccc21. The number of alkyl carbamates (subject to hydrolysis) is 1. The van der Waals surface area contributed by atoms with Crippen LogP contribution in [0.25, 0.3) is 11.1 Å². The molecule has 39 heavy (non-hydrogen) atoms. The number of rotatable bonds is 7. The molecular weight excluding hydrogens is 547 g/mol. The highest BCUT2D eigenvalue weighted by atomic mass is 35.5. The summed E-state index contributed by atoms with van der Waals surface area (Å²) in [6.45, 7) is -0.699. The van der Waals surface area contributed by atoms with Crippen molar-refractivity contribution >= 4 is 29.5 Å².